The van der Waals surface area contributed by atoms with Gasteiger partial charge in [-0.1, -0.05) is 26.0 Å². The fourth-order valence-electron chi connectivity index (χ4n) is 3.29. The average molecular weight is 300 g/mol. The van der Waals surface area contributed by atoms with Crippen LogP contribution in [0, 0.1) is 23.2 Å². The van der Waals surface area contributed by atoms with Gasteiger partial charge in [-0.15, -0.1) is 0 Å². The number of para-hydroxylation sites is 1. The van der Waals surface area contributed by atoms with E-state index in [-0.39, 0.29) is 11.9 Å². The highest BCUT2D eigenvalue weighted by atomic mass is 16.2. The Balaban J connectivity index is 1.96. The van der Waals surface area contributed by atoms with Crippen LogP contribution in [0.4, 0.5) is 5.69 Å². The van der Waals surface area contributed by atoms with Crippen molar-refractivity contribution in [2.24, 2.45) is 11.8 Å². The zero-order valence-corrected chi connectivity index (χ0v) is 13.7. The maximum Gasteiger partial charge on any atom is 0.282 e. The van der Waals surface area contributed by atoms with E-state index in [2.05, 4.69) is 30.6 Å². The standard InChI is InChI=1S/C18H25N3O/c1-12-7-6-10-16(13(12)2)20-14(3)18(22)21-17-9-5-4-8-15(17)11-19/h4-5,8-9,12-14,16,20H,6-7,10H2,1-3H3,(H,21,22)/p+1/t12-,13-,14+,16-/m1/s1. The molecule has 1 aliphatic rings. The molecule has 1 fully saturated rings. The SMILES string of the molecule is C[C@@H]1[C@H](C)CCC[C@H]1[NH2+][C@@H](C)C(=O)Nc1ccccc1C#N. The summed E-state index contributed by atoms with van der Waals surface area (Å²) in [6.45, 7) is 6.54. The Labute approximate surface area is 132 Å². The van der Waals surface area contributed by atoms with Gasteiger partial charge in [0.25, 0.3) is 5.91 Å². The lowest BCUT2D eigenvalue weighted by molar-refractivity contribution is -0.715. The highest BCUT2D eigenvalue weighted by Gasteiger charge is 2.32. The lowest BCUT2D eigenvalue weighted by Gasteiger charge is -2.33. The van der Waals surface area contributed by atoms with Crippen molar-refractivity contribution in [3.05, 3.63) is 29.8 Å². The molecule has 0 saturated heterocycles. The van der Waals surface area contributed by atoms with Gasteiger partial charge in [-0.3, -0.25) is 4.79 Å². The van der Waals surface area contributed by atoms with Gasteiger partial charge in [-0.2, -0.15) is 5.26 Å². The van der Waals surface area contributed by atoms with Crippen LogP contribution in [-0.2, 0) is 4.79 Å². The number of hydrogen-bond acceptors (Lipinski definition) is 2. The van der Waals surface area contributed by atoms with E-state index in [0.29, 0.717) is 23.2 Å². The van der Waals surface area contributed by atoms with E-state index in [1.54, 1.807) is 18.2 Å². The third-order valence-corrected chi connectivity index (χ3v) is 5.02. The molecule has 0 spiro atoms. The van der Waals surface area contributed by atoms with E-state index < -0.39 is 0 Å². The zero-order valence-electron chi connectivity index (χ0n) is 13.7. The van der Waals surface area contributed by atoms with E-state index in [0.717, 1.165) is 5.92 Å². The van der Waals surface area contributed by atoms with Crippen LogP contribution in [0.5, 0.6) is 0 Å². The van der Waals surface area contributed by atoms with E-state index in [9.17, 15) is 4.79 Å². The van der Waals surface area contributed by atoms with Crippen LogP contribution in [0.2, 0.25) is 0 Å². The molecule has 0 aromatic heterocycles. The number of amides is 1. The topological polar surface area (TPSA) is 69.5 Å². The van der Waals surface area contributed by atoms with E-state index in [4.69, 9.17) is 5.26 Å². The van der Waals surface area contributed by atoms with Gasteiger partial charge in [-0.25, -0.2) is 0 Å². The molecule has 1 aliphatic carbocycles. The van der Waals surface area contributed by atoms with Gasteiger partial charge in [0.05, 0.1) is 17.3 Å². The first-order valence-corrected chi connectivity index (χ1v) is 8.18. The summed E-state index contributed by atoms with van der Waals surface area (Å²) in [5, 5.41) is 14.2. The van der Waals surface area contributed by atoms with E-state index >= 15 is 0 Å². The summed E-state index contributed by atoms with van der Waals surface area (Å²) in [5.41, 5.74) is 1.10. The minimum atomic E-state index is -0.149. The number of nitrogens with two attached hydrogens (primary N) is 1. The molecular weight excluding hydrogens is 274 g/mol. The van der Waals surface area contributed by atoms with Crippen molar-refractivity contribution in [1.29, 1.82) is 5.26 Å². The number of nitrogens with one attached hydrogen (secondary N) is 1. The highest BCUT2D eigenvalue weighted by Crippen LogP contribution is 2.27. The number of nitrogens with zero attached hydrogens (tertiary/aromatic N) is 1. The maximum absolute atomic E-state index is 12.4. The molecule has 0 bridgehead atoms. The second-order valence-electron chi connectivity index (χ2n) is 6.56. The molecule has 4 nitrogen and oxygen atoms in total. The third-order valence-electron chi connectivity index (χ3n) is 5.02. The Hall–Kier alpha value is -1.86. The van der Waals surface area contributed by atoms with Crippen molar-refractivity contribution < 1.29 is 10.1 Å². The van der Waals surface area contributed by atoms with Crippen molar-refractivity contribution in [3.8, 4) is 6.07 Å². The number of carbonyl (C=O) groups excluding carboxylic acids is 1. The molecule has 1 saturated carbocycles. The summed E-state index contributed by atoms with van der Waals surface area (Å²) in [6, 6.07) is 9.59. The molecule has 0 aliphatic heterocycles. The Morgan fingerprint density at radius 2 is 2.09 bits per heavy atom. The molecule has 2 rings (SSSR count). The van der Waals surface area contributed by atoms with E-state index in [1.165, 1.54) is 19.3 Å². The van der Waals surface area contributed by atoms with Crippen LogP contribution in [0.1, 0.15) is 45.6 Å². The first-order chi connectivity index (χ1) is 10.5. The molecule has 4 atom stereocenters. The quantitative estimate of drug-likeness (QED) is 0.895. The molecule has 0 radical (unpaired) electrons. The first kappa shape index (κ1) is 16.5. The molecule has 0 heterocycles. The number of rotatable bonds is 4. The Bertz CT molecular complexity index is 564. The Morgan fingerprint density at radius 1 is 1.36 bits per heavy atom. The molecule has 22 heavy (non-hydrogen) atoms. The zero-order chi connectivity index (χ0) is 16.1. The largest absolute Gasteiger partial charge is 0.334 e. The first-order valence-electron chi connectivity index (χ1n) is 8.18. The molecule has 3 N–H and O–H groups in total. The number of nitriles is 1. The maximum atomic E-state index is 12.4. The molecule has 0 unspecified atom stereocenters. The Morgan fingerprint density at radius 3 is 2.82 bits per heavy atom. The summed E-state index contributed by atoms with van der Waals surface area (Å²) < 4.78 is 0. The minimum absolute atomic E-state index is 0.0341. The molecule has 1 aromatic rings. The van der Waals surface area contributed by atoms with Gasteiger partial charge in [0.1, 0.15) is 6.07 Å². The van der Waals surface area contributed by atoms with E-state index in [1.807, 2.05) is 13.0 Å². The molecule has 1 aromatic carbocycles. The van der Waals surface area contributed by atoms with Crippen LogP contribution >= 0.6 is 0 Å². The van der Waals surface area contributed by atoms with Crippen molar-refractivity contribution >= 4 is 11.6 Å². The van der Waals surface area contributed by atoms with Gasteiger partial charge in [-0.05, 0) is 44.2 Å². The highest BCUT2D eigenvalue weighted by molar-refractivity contribution is 5.94. The summed E-state index contributed by atoms with van der Waals surface area (Å²) in [4.78, 5) is 12.4. The van der Waals surface area contributed by atoms with Gasteiger partial charge >= 0.3 is 0 Å². The fraction of sp³-hybridized carbons (Fsp3) is 0.556. The molecule has 1 amide bonds. The number of carbonyl (C=O) groups is 1. The second-order valence-corrected chi connectivity index (χ2v) is 6.56. The van der Waals surface area contributed by atoms with Crippen molar-refractivity contribution in [3.63, 3.8) is 0 Å². The fourth-order valence-corrected chi connectivity index (χ4v) is 3.29. The molecule has 118 valence electrons. The summed E-state index contributed by atoms with van der Waals surface area (Å²) in [7, 11) is 0. The van der Waals surface area contributed by atoms with Crippen LogP contribution in [0.15, 0.2) is 24.3 Å². The van der Waals surface area contributed by atoms with Crippen molar-refractivity contribution in [2.75, 3.05) is 5.32 Å². The summed E-state index contributed by atoms with van der Waals surface area (Å²) in [5.74, 6) is 1.33. The lowest BCUT2D eigenvalue weighted by atomic mass is 9.78. The monoisotopic (exact) mass is 300 g/mol. The van der Waals surface area contributed by atoms with Gasteiger partial charge in [0.2, 0.25) is 0 Å². The lowest BCUT2D eigenvalue weighted by Crippen LogP contribution is -2.97. The van der Waals surface area contributed by atoms with Crippen LogP contribution in [0.25, 0.3) is 0 Å². The normalized spacial score (nSPS) is 26.0. The van der Waals surface area contributed by atoms with Gasteiger partial charge in [0.15, 0.2) is 6.04 Å². The Kier molecular flexibility index (Phi) is 5.57. The second kappa shape index (κ2) is 7.42. The summed E-state index contributed by atoms with van der Waals surface area (Å²) >= 11 is 0. The average Bonchev–Trinajstić information content (AvgIpc) is 2.52. The predicted octanol–water partition coefficient (Wildman–Crippen LogP) is 2.27. The minimum Gasteiger partial charge on any atom is -0.334 e. The smallest absolute Gasteiger partial charge is 0.282 e. The number of hydrogen-bond donors (Lipinski definition) is 2. The van der Waals surface area contributed by atoms with Crippen LogP contribution in [0.3, 0.4) is 0 Å². The van der Waals surface area contributed by atoms with Crippen LogP contribution < -0.4 is 10.6 Å². The van der Waals surface area contributed by atoms with Crippen molar-refractivity contribution in [2.45, 2.75) is 52.1 Å². The van der Waals surface area contributed by atoms with Gasteiger partial charge in [0, 0.05) is 5.92 Å². The van der Waals surface area contributed by atoms with Gasteiger partial charge < -0.3 is 10.6 Å². The predicted molar refractivity (Wildman–Crippen MR) is 87.1 cm³/mol. The number of quaternary nitrogens is 1. The number of benzene rings is 1. The molecule has 4 heteroatoms. The van der Waals surface area contributed by atoms with Crippen molar-refractivity contribution in [1.82, 2.24) is 0 Å². The third kappa shape index (κ3) is 3.86. The van der Waals surface area contributed by atoms with Crippen LogP contribution in [-0.4, -0.2) is 18.0 Å². The molecular formula is C18H26N3O+. The number of anilines is 1. The summed E-state index contributed by atoms with van der Waals surface area (Å²) in [6.07, 6.45) is 3.72.